The average Bonchev–Trinajstić information content (AvgIpc) is 2.90. The molecule has 154 valence electrons. The normalized spacial score (nSPS) is 17.2. The van der Waals surface area contributed by atoms with Crippen LogP contribution in [0, 0.1) is 11.6 Å². The lowest BCUT2D eigenvalue weighted by molar-refractivity contribution is -0.147. The molecule has 28 heavy (non-hydrogen) atoms. The molecule has 1 aromatic heterocycles. The second-order valence-corrected chi connectivity index (χ2v) is 8.29. The Morgan fingerprint density at radius 1 is 1.07 bits per heavy atom. The van der Waals surface area contributed by atoms with Gasteiger partial charge in [0.1, 0.15) is 11.6 Å². The van der Waals surface area contributed by atoms with Crippen LogP contribution >= 0.6 is 0 Å². The zero-order valence-electron chi connectivity index (χ0n) is 14.4. The van der Waals surface area contributed by atoms with Crippen molar-refractivity contribution in [1.29, 1.82) is 0 Å². The highest BCUT2D eigenvalue weighted by molar-refractivity contribution is 7.89. The molecule has 0 saturated carbocycles. The number of halogens is 5. The number of benzene rings is 1. The van der Waals surface area contributed by atoms with Crippen molar-refractivity contribution in [2.24, 2.45) is 7.05 Å². The van der Waals surface area contributed by atoms with Gasteiger partial charge in [0.05, 0.1) is 10.9 Å². The van der Waals surface area contributed by atoms with E-state index in [2.05, 4.69) is 5.10 Å². The van der Waals surface area contributed by atoms with E-state index < -0.39 is 50.3 Å². The minimum atomic E-state index is -4.80. The van der Waals surface area contributed by atoms with Crippen molar-refractivity contribution in [2.75, 3.05) is 13.1 Å². The molecular formula is C15H15F5N4O3S. The van der Waals surface area contributed by atoms with Crippen LogP contribution < -0.4 is 5.69 Å². The number of aromatic nitrogens is 3. The Balaban J connectivity index is 1.81. The fraction of sp³-hybridized carbons (Fsp3) is 0.467. The SMILES string of the molecule is Cn1c(C(F)(F)F)nn(C2CCN(S(=O)(=O)c3cc(F)cc(F)c3)CC2)c1=O. The Kier molecular flexibility index (Phi) is 5.08. The highest BCUT2D eigenvalue weighted by atomic mass is 32.2. The summed E-state index contributed by atoms with van der Waals surface area (Å²) in [6, 6.07) is 1.18. The van der Waals surface area contributed by atoms with Crippen molar-refractivity contribution >= 4 is 10.0 Å². The van der Waals surface area contributed by atoms with Gasteiger partial charge in [-0.15, -0.1) is 5.10 Å². The van der Waals surface area contributed by atoms with Crippen LogP contribution in [0.1, 0.15) is 24.7 Å². The highest BCUT2D eigenvalue weighted by Gasteiger charge is 2.39. The van der Waals surface area contributed by atoms with Crippen LogP contribution in [0.25, 0.3) is 0 Å². The third-order valence-corrected chi connectivity index (χ3v) is 6.38. The summed E-state index contributed by atoms with van der Waals surface area (Å²) in [6.45, 7) is -0.287. The van der Waals surface area contributed by atoms with Crippen LogP contribution in [0.5, 0.6) is 0 Å². The van der Waals surface area contributed by atoms with Gasteiger partial charge in [-0.05, 0) is 25.0 Å². The second-order valence-electron chi connectivity index (χ2n) is 6.35. The molecule has 0 bridgehead atoms. The minimum Gasteiger partial charge on any atom is -0.274 e. The van der Waals surface area contributed by atoms with E-state index in [9.17, 15) is 35.2 Å². The van der Waals surface area contributed by atoms with Gasteiger partial charge in [-0.3, -0.25) is 4.57 Å². The third-order valence-electron chi connectivity index (χ3n) is 4.50. The molecule has 2 aromatic rings. The van der Waals surface area contributed by atoms with E-state index in [1.165, 1.54) is 0 Å². The Morgan fingerprint density at radius 3 is 2.07 bits per heavy atom. The first kappa shape index (κ1) is 20.5. The molecule has 0 radical (unpaired) electrons. The van der Waals surface area contributed by atoms with Crippen molar-refractivity contribution in [1.82, 2.24) is 18.7 Å². The summed E-state index contributed by atoms with van der Waals surface area (Å²) in [5.41, 5.74) is -0.958. The molecule has 2 heterocycles. The predicted octanol–water partition coefficient (Wildman–Crippen LogP) is 1.90. The van der Waals surface area contributed by atoms with Crippen molar-refractivity contribution in [2.45, 2.75) is 30.0 Å². The summed E-state index contributed by atoms with van der Waals surface area (Å²) < 4.78 is 92.5. The van der Waals surface area contributed by atoms with E-state index in [-0.39, 0.29) is 25.9 Å². The van der Waals surface area contributed by atoms with Crippen LogP contribution in [0.15, 0.2) is 27.9 Å². The average molecular weight is 426 g/mol. The molecule has 0 N–H and O–H groups in total. The fourth-order valence-corrected chi connectivity index (χ4v) is 4.61. The molecule has 1 saturated heterocycles. The summed E-state index contributed by atoms with van der Waals surface area (Å²) >= 11 is 0. The predicted molar refractivity (Wildman–Crippen MR) is 85.9 cm³/mol. The van der Waals surface area contributed by atoms with Gasteiger partial charge >= 0.3 is 11.9 Å². The van der Waals surface area contributed by atoms with E-state index in [4.69, 9.17) is 0 Å². The van der Waals surface area contributed by atoms with Crippen molar-refractivity contribution in [3.05, 3.63) is 46.1 Å². The standard InChI is InChI=1S/C15H15F5N4O3S/c1-22-13(15(18,19)20)21-24(14(22)25)11-2-4-23(5-3-11)28(26,27)12-7-9(16)6-10(17)8-12/h6-8,11H,2-5H2,1H3. The number of nitrogens with zero attached hydrogens (tertiary/aromatic N) is 4. The summed E-state index contributed by atoms with van der Waals surface area (Å²) in [5.74, 6) is -3.44. The van der Waals surface area contributed by atoms with Crippen molar-refractivity contribution < 1.29 is 30.4 Å². The van der Waals surface area contributed by atoms with Gasteiger partial charge in [0.15, 0.2) is 0 Å². The zero-order chi connectivity index (χ0) is 20.9. The first-order chi connectivity index (χ1) is 12.9. The van der Waals surface area contributed by atoms with E-state index in [0.29, 0.717) is 27.4 Å². The Morgan fingerprint density at radius 2 is 1.61 bits per heavy atom. The number of hydrogen-bond acceptors (Lipinski definition) is 4. The first-order valence-corrected chi connectivity index (χ1v) is 9.54. The Labute approximate surface area is 156 Å². The smallest absolute Gasteiger partial charge is 0.274 e. The molecule has 7 nitrogen and oxygen atoms in total. The van der Waals surface area contributed by atoms with E-state index in [1.807, 2.05) is 0 Å². The lowest BCUT2D eigenvalue weighted by Gasteiger charge is -2.30. The molecular weight excluding hydrogens is 411 g/mol. The highest BCUT2D eigenvalue weighted by Crippen LogP contribution is 2.29. The molecule has 3 rings (SSSR count). The topological polar surface area (TPSA) is 77.2 Å². The number of rotatable bonds is 3. The number of hydrogen-bond donors (Lipinski definition) is 0. The quantitative estimate of drug-likeness (QED) is 0.703. The number of sulfonamides is 1. The molecule has 1 aliphatic rings. The molecule has 0 atom stereocenters. The van der Waals surface area contributed by atoms with Crippen LogP contribution in [0.3, 0.4) is 0 Å². The van der Waals surface area contributed by atoms with Gasteiger partial charge < -0.3 is 0 Å². The maximum absolute atomic E-state index is 13.3. The van der Waals surface area contributed by atoms with Gasteiger partial charge in [-0.2, -0.15) is 17.5 Å². The van der Waals surface area contributed by atoms with E-state index in [1.54, 1.807) is 0 Å². The number of alkyl halides is 3. The van der Waals surface area contributed by atoms with E-state index >= 15 is 0 Å². The molecule has 0 aliphatic carbocycles. The van der Waals surface area contributed by atoms with Gasteiger partial charge in [0.2, 0.25) is 15.8 Å². The summed E-state index contributed by atoms with van der Waals surface area (Å²) in [4.78, 5) is 11.5. The fourth-order valence-electron chi connectivity index (χ4n) is 3.09. The monoisotopic (exact) mass is 426 g/mol. The van der Waals surface area contributed by atoms with Crippen molar-refractivity contribution in [3.8, 4) is 0 Å². The summed E-state index contributed by atoms with van der Waals surface area (Å²) in [5, 5.41) is 3.35. The molecule has 1 fully saturated rings. The van der Waals surface area contributed by atoms with Crippen LogP contribution in [0.4, 0.5) is 22.0 Å². The third kappa shape index (κ3) is 3.68. The molecule has 1 aliphatic heterocycles. The minimum absolute atomic E-state index is 0.0191. The molecule has 1 aromatic carbocycles. The Hall–Kier alpha value is -2.28. The van der Waals surface area contributed by atoms with Gasteiger partial charge in [-0.25, -0.2) is 26.7 Å². The maximum Gasteiger partial charge on any atom is 0.451 e. The van der Waals surface area contributed by atoms with Gasteiger partial charge in [0, 0.05) is 26.2 Å². The molecule has 0 unspecified atom stereocenters. The van der Waals surface area contributed by atoms with Gasteiger partial charge in [0.25, 0.3) is 0 Å². The van der Waals surface area contributed by atoms with Gasteiger partial charge in [-0.1, -0.05) is 0 Å². The first-order valence-electron chi connectivity index (χ1n) is 8.10. The summed E-state index contributed by atoms with van der Waals surface area (Å²) in [6.07, 6.45) is -4.76. The molecule has 0 spiro atoms. The molecule has 13 heteroatoms. The van der Waals surface area contributed by atoms with Crippen LogP contribution in [0.2, 0.25) is 0 Å². The largest absolute Gasteiger partial charge is 0.451 e. The molecule has 0 amide bonds. The van der Waals surface area contributed by atoms with Crippen molar-refractivity contribution in [3.63, 3.8) is 0 Å². The summed E-state index contributed by atoms with van der Waals surface area (Å²) in [7, 11) is -3.24. The van der Waals surface area contributed by atoms with E-state index in [0.717, 1.165) is 11.4 Å². The lowest BCUT2D eigenvalue weighted by atomic mass is 10.1. The van der Waals surface area contributed by atoms with Crippen LogP contribution in [-0.2, 0) is 23.2 Å². The lowest BCUT2D eigenvalue weighted by Crippen LogP contribution is -2.41. The Bertz CT molecular complexity index is 1030. The van der Waals surface area contributed by atoms with Crippen LogP contribution in [-0.4, -0.2) is 40.2 Å². The number of piperidine rings is 1. The second kappa shape index (κ2) is 6.95. The maximum atomic E-state index is 13.3. The zero-order valence-corrected chi connectivity index (χ0v) is 15.3.